The summed E-state index contributed by atoms with van der Waals surface area (Å²) in [5.41, 5.74) is 2.11. The Kier molecular flexibility index (Phi) is 4.18. The summed E-state index contributed by atoms with van der Waals surface area (Å²) in [5, 5.41) is 3.50. The molecule has 0 radical (unpaired) electrons. The molecule has 2 aromatic carbocycles. The highest BCUT2D eigenvalue weighted by Gasteiger charge is 2.14. The Morgan fingerprint density at radius 2 is 1.81 bits per heavy atom. The van der Waals surface area contributed by atoms with E-state index in [-0.39, 0.29) is 0 Å². The molecule has 130 valence electrons. The summed E-state index contributed by atoms with van der Waals surface area (Å²) in [4.78, 5) is 16.9. The van der Waals surface area contributed by atoms with Gasteiger partial charge in [0.05, 0.1) is 25.5 Å². The van der Waals surface area contributed by atoms with Crippen molar-refractivity contribution in [2.75, 3.05) is 14.2 Å². The van der Waals surface area contributed by atoms with Gasteiger partial charge in [0.15, 0.2) is 11.5 Å². The number of benzene rings is 2. The molecule has 2 aromatic heterocycles. The van der Waals surface area contributed by atoms with Crippen LogP contribution in [0.5, 0.6) is 11.5 Å². The quantitative estimate of drug-likeness (QED) is 0.495. The van der Waals surface area contributed by atoms with Gasteiger partial charge in [-0.25, -0.2) is 9.78 Å². The zero-order valence-electron chi connectivity index (χ0n) is 14.2. The van der Waals surface area contributed by atoms with Crippen molar-refractivity contribution in [3.8, 4) is 33.3 Å². The van der Waals surface area contributed by atoms with Gasteiger partial charge in [0, 0.05) is 16.3 Å². The van der Waals surface area contributed by atoms with Crippen LogP contribution in [0, 0.1) is 0 Å². The average molecular weight is 365 g/mol. The first-order chi connectivity index (χ1) is 12.7. The van der Waals surface area contributed by atoms with Crippen molar-refractivity contribution < 1.29 is 13.9 Å². The van der Waals surface area contributed by atoms with E-state index in [1.807, 2.05) is 47.8 Å². The molecule has 0 spiro atoms. The van der Waals surface area contributed by atoms with Crippen molar-refractivity contribution >= 4 is 22.3 Å². The number of hydrogen-bond donors (Lipinski definition) is 0. The van der Waals surface area contributed by atoms with E-state index in [4.69, 9.17) is 13.9 Å². The Balaban J connectivity index is 1.77. The van der Waals surface area contributed by atoms with Crippen molar-refractivity contribution in [1.82, 2.24) is 4.98 Å². The fourth-order valence-corrected chi connectivity index (χ4v) is 3.56. The second-order valence-electron chi connectivity index (χ2n) is 5.59. The number of ether oxygens (including phenoxy) is 2. The molecule has 2 heterocycles. The van der Waals surface area contributed by atoms with Gasteiger partial charge < -0.3 is 13.9 Å². The van der Waals surface area contributed by atoms with Gasteiger partial charge in [-0.3, -0.25) is 0 Å². The first-order valence-electron chi connectivity index (χ1n) is 7.91. The fourth-order valence-electron chi connectivity index (χ4n) is 2.74. The van der Waals surface area contributed by atoms with Gasteiger partial charge in [0.1, 0.15) is 10.6 Å². The highest BCUT2D eigenvalue weighted by molar-refractivity contribution is 7.13. The van der Waals surface area contributed by atoms with Gasteiger partial charge >= 0.3 is 5.63 Å². The molecule has 0 atom stereocenters. The molecular weight excluding hydrogens is 350 g/mol. The van der Waals surface area contributed by atoms with Crippen LogP contribution in [0.1, 0.15) is 0 Å². The zero-order valence-corrected chi connectivity index (χ0v) is 15.0. The Morgan fingerprint density at radius 1 is 1.00 bits per heavy atom. The van der Waals surface area contributed by atoms with Crippen LogP contribution in [-0.2, 0) is 0 Å². The second-order valence-corrected chi connectivity index (χ2v) is 6.45. The van der Waals surface area contributed by atoms with Crippen LogP contribution >= 0.6 is 11.3 Å². The summed E-state index contributed by atoms with van der Waals surface area (Å²) in [7, 11) is 3.19. The van der Waals surface area contributed by atoms with E-state index in [1.54, 1.807) is 20.3 Å². The maximum absolute atomic E-state index is 12.3. The molecule has 0 N–H and O–H groups in total. The molecule has 0 aliphatic heterocycles. The van der Waals surface area contributed by atoms with E-state index >= 15 is 0 Å². The lowest BCUT2D eigenvalue weighted by atomic mass is 10.1. The van der Waals surface area contributed by atoms with Gasteiger partial charge in [-0.1, -0.05) is 18.2 Å². The van der Waals surface area contributed by atoms with Crippen LogP contribution in [0.3, 0.4) is 0 Å². The van der Waals surface area contributed by atoms with Crippen LogP contribution in [-0.4, -0.2) is 19.2 Å². The third kappa shape index (κ3) is 2.84. The topological polar surface area (TPSA) is 61.6 Å². The van der Waals surface area contributed by atoms with Crippen molar-refractivity contribution in [2.45, 2.75) is 0 Å². The SMILES string of the molecule is COc1ccc(-c2nc(-c3cc4ccccc4oc3=O)cs2)cc1OC. The normalized spacial score (nSPS) is 10.8. The van der Waals surface area contributed by atoms with Crippen LogP contribution < -0.4 is 15.1 Å². The number of para-hydroxylation sites is 1. The van der Waals surface area contributed by atoms with Gasteiger partial charge in [-0.15, -0.1) is 11.3 Å². The molecule has 0 amide bonds. The molecule has 4 rings (SSSR count). The molecule has 0 saturated carbocycles. The summed E-state index contributed by atoms with van der Waals surface area (Å²) in [6, 6.07) is 14.8. The standard InChI is InChI=1S/C20H15NO4S/c1-23-17-8-7-13(10-18(17)24-2)19-21-15(11-26-19)14-9-12-5-3-4-6-16(12)25-20(14)22/h3-11H,1-2H3. The van der Waals surface area contributed by atoms with Gasteiger partial charge in [-0.2, -0.15) is 0 Å². The van der Waals surface area contributed by atoms with E-state index < -0.39 is 5.63 Å². The molecule has 0 aliphatic rings. The number of thiazole rings is 1. The number of hydrogen-bond acceptors (Lipinski definition) is 6. The third-order valence-corrected chi connectivity index (χ3v) is 4.94. The first kappa shape index (κ1) is 16.4. The number of aromatic nitrogens is 1. The minimum absolute atomic E-state index is 0.395. The predicted octanol–water partition coefficient (Wildman–Crippen LogP) is 4.60. The highest BCUT2D eigenvalue weighted by atomic mass is 32.1. The molecule has 6 heteroatoms. The van der Waals surface area contributed by atoms with Crippen molar-refractivity contribution in [3.63, 3.8) is 0 Å². The van der Waals surface area contributed by atoms with Crippen molar-refractivity contribution in [2.24, 2.45) is 0 Å². The largest absolute Gasteiger partial charge is 0.493 e. The molecule has 4 aromatic rings. The number of nitrogens with zero attached hydrogens (tertiary/aromatic N) is 1. The molecule has 5 nitrogen and oxygen atoms in total. The summed E-state index contributed by atoms with van der Waals surface area (Å²) in [5.74, 6) is 1.29. The Bertz CT molecular complexity index is 1150. The van der Waals surface area contributed by atoms with E-state index in [2.05, 4.69) is 4.98 Å². The lowest BCUT2D eigenvalue weighted by Crippen LogP contribution is -2.02. The number of rotatable bonds is 4. The average Bonchev–Trinajstić information content (AvgIpc) is 3.16. The Hall–Kier alpha value is -3.12. The first-order valence-corrected chi connectivity index (χ1v) is 8.79. The summed E-state index contributed by atoms with van der Waals surface area (Å²) in [6.45, 7) is 0. The lowest BCUT2D eigenvalue weighted by Gasteiger charge is -2.08. The molecule has 0 unspecified atom stereocenters. The van der Waals surface area contributed by atoms with Crippen LogP contribution in [0.15, 0.2) is 63.1 Å². The molecule has 0 saturated heterocycles. The number of fused-ring (bicyclic) bond motifs is 1. The van der Waals surface area contributed by atoms with E-state index in [0.717, 1.165) is 16.0 Å². The van der Waals surface area contributed by atoms with E-state index in [9.17, 15) is 4.79 Å². The monoisotopic (exact) mass is 365 g/mol. The van der Waals surface area contributed by atoms with Gasteiger partial charge in [-0.05, 0) is 30.3 Å². The van der Waals surface area contributed by atoms with E-state index in [1.165, 1.54) is 11.3 Å². The number of methoxy groups -OCH3 is 2. The molecule has 26 heavy (non-hydrogen) atoms. The lowest BCUT2D eigenvalue weighted by molar-refractivity contribution is 0.355. The van der Waals surface area contributed by atoms with Crippen molar-refractivity contribution in [3.05, 3.63) is 64.3 Å². The molecule has 0 fully saturated rings. The molecule has 0 bridgehead atoms. The van der Waals surface area contributed by atoms with E-state index in [0.29, 0.717) is 28.3 Å². The van der Waals surface area contributed by atoms with Crippen LogP contribution in [0.2, 0.25) is 0 Å². The van der Waals surface area contributed by atoms with Crippen LogP contribution in [0.25, 0.3) is 32.8 Å². The summed E-state index contributed by atoms with van der Waals surface area (Å²) >= 11 is 1.46. The Morgan fingerprint density at radius 3 is 2.62 bits per heavy atom. The van der Waals surface area contributed by atoms with Gasteiger partial charge in [0.2, 0.25) is 0 Å². The van der Waals surface area contributed by atoms with Crippen molar-refractivity contribution in [1.29, 1.82) is 0 Å². The van der Waals surface area contributed by atoms with Gasteiger partial charge in [0.25, 0.3) is 0 Å². The zero-order chi connectivity index (χ0) is 18.1. The third-order valence-electron chi connectivity index (χ3n) is 4.05. The summed E-state index contributed by atoms with van der Waals surface area (Å²) in [6.07, 6.45) is 0. The minimum atomic E-state index is -0.395. The molecule has 0 aliphatic carbocycles. The minimum Gasteiger partial charge on any atom is -0.493 e. The Labute approximate surface area is 153 Å². The fraction of sp³-hybridized carbons (Fsp3) is 0.100. The second kappa shape index (κ2) is 6.65. The maximum atomic E-state index is 12.3. The maximum Gasteiger partial charge on any atom is 0.345 e. The van der Waals surface area contributed by atoms with Crippen LogP contribution in [0.4, 0.5) is 0 Å². The predicted molar refractivity (Wildman–Crippen MR) is 102 cm³/mol. The summed E-state index contributed by atoms with van der Waals surface area (Å²) < 4.78 is 16.0. The molecular formula is C20H15NO4S. The highest BCUT2D eigenvalue weighted by Crippen LogP contribution is 2.35. The smallest absolute Gasteiger partial charge is 0.345 e.